The van der Waals surface area contributed by atoms with Crippen LogP contribution < -0.4 is 11.1 Å². The summed E-state index contributed by atoms with van der Waals surface area (Å²) in [6.45, 7) is 1.60. The van der Waals surface area contributed by atoms with Crippen LogP contribution in [0.1, 0.15) is 29.6 Å². The van der Waals surface area contributed by atoms with Crippen LogP contribution in [0.15, 0.2) is 12.3 Å². The molecule has 6 heteroatoms. The molecule has 0 saturated heterocycles. The molecule has 0 spiro atoms. The Labute approximate surface area is 118 Å². The summed E-state index contributed by atoms with van der Waals surface area (Å²) in [6.07, 6.45) is 4.91. The second-order valence-corrected chi connectivity index (χ2v) is 5.24. The van der Waals surface area contributed by atoms with Crippen LogP contribution in [0.5, 0.6) is 0 Å². The molecule has 1 aliphatic rings. The number of pyridine rings is 1. The number of esters is 1. The van der Waals surface area contributed by atoms with Gasteiger partial charge in [-0.05, 0) is 30.7 Å². The lowest BCUT2D eigenvalue weighted by Crippen LogP contribution is -2.18. The van der Waals surface area contributed by atoms with E-state index in [0.29, 0.717) is 22.5 Å². The molecule has 1 fully saturated rings. The standard InChI is InChI=1S/C14H21N3O3/c1-19-6-5-14(3-4-14)9-17-12-7-10(13(18)20-2)11(15)8-16-12/h7-8H,3-6,9,15H2,1-2H3,(H,16,17). The molecule has 0 unspecified atom stereocenters. The van der Waals surface area contributed by atoms with Crippen LogP contribution in [-0.2, 0) is 9.47 Å². The molecule has 20 heavy (non-hydrogen) atoms. The molecular formula is C14H21N3O3. The number of nitrogens with two attached hydrogens (primary N) is 1. The number of hydrogen-bond donors (Lipinski definition) is 2. The molecule has 1 saturated carbocycles. The average molecular weight is 279 g/mol. The first-order valence-electron chi connectivity index (χ1n) is 6.67. The Bertz CT molecular complexity index is 487. The first kappa shape index (κ1) is 14.6. The molecular weight excluding hydrogens is 258 g/mol. The Morgan fingerprint density at radius 2 is 2.25 bits per heavy atom. The Morgan fingerprint density at radius 1 is 1.50 bits per heavy atom. The van der Waals surface area contributed by atoms with Crippen molar-refractivity contribution in [2.45, 2.75) is 19.3 Å². The summed E-state index contributed by atoms with van der Waals surface area (Å²) in [5.41, 5.74) is 6.69. The fourth-order valence-corrected chi connectivity index (χ4v) is 2.14. The Hall–Kier alpha value is -1.82. The Kier molecular flexibility index (Phi) is 4.44. The van der Waals surface area contributed by atoms with Gasteiger partial charge in [-0.3, -0.25) is 0 Å². The van der Waals surface area contributed by atoms with Crippen LogP contribution in [-0.4, -0.2) is 38.3 Å². The van der Waals surface area contributed by atoms with E-state index in [0.717, 1.165) is 19.6 Å². The monoisotopic (exact) mass is 279 g/mol. The summed E-state index contributed by atoms with van der Waals surface area (Å²) in [6, 6.07) is 1.63. The van der Waals surface area contributed by atoms with Gasteiger partial charge in [-0.25, -0.2) is 9.78 Å². The van der Waals surface area contributed by atoms with E-state index in [1.165, 1.54) is 26.1 Å². The van der Waals surface area contributed by atoms with Gasteiger partial charge in [-0.2, -0.15) is 0 Å². The fraction of sp³-hybridized carbons (Fsp3) is 0.571. The van der Waals surface area contributed by atoms with Crippen LogP contribution >= 0.6 is 0 Å². The van der Waals surface area contributed by atoms with Gasteiger partial charge in [0.15, 0.2) is 0 Å². The third-order valence-electron chi connectivity index (χ3n) is 3.78. The highest BCUT2D eigenvalue weighted by molar-refractivity contribution is 5.95. The second-order valence-electron chi connectivity index (χ2n) is 5.24. The third kappa shape index (κ3) is 3.39. The van der Waals surface area contributed by atoms with Gasteiger partial charge < -0.3 is 20.5 Å². The van der Waals surface area contributed by atoms with Crippen LogP contribution in [0.4, 0.5) is 11.5 Å². The number of methoxy groups -OCH3 is 2. The van der Waals surface area contributed by atoms with Gasteiger partial charge in [0, 0.05) is 20.3 Å². The lowest BCUT2D eigenvalue weighted by Gasteiger charge is -2.16. The van der Waals surface area contributed by atoms with Gasteiger partial charge in [0.25, 0.3) is 0 Å². The van der Waals surface area contributed by atoms with E-state index in [9.17, 15) is 4.79 Å². The van der Waals surface area contributed by atoms with Gasteiger partial charge in [0.1, 0.15) is 5.82 Å². The second kappa shape index (κ2) is 6.09. The summed E-state index contributed by atoms with van der Waals surface area (Å²) in [5, 5.41) is 3.27. The van der Waals surface area contributed by atoms with Crippen molar-refractivity contribution in [2.75, 3.05) is 38.4 Å². The molecule has 2 rings (SSSR count). The average Bonchev–Trinajstić information content (AvgIpc) is 3.24. The number of carbonyl (C=O) groups excluding carboxylic acids is 1. The number of rotatable bonds is 7. The Balaban J connectivity index is 1.98. The smallest absolute Gasteiger partial charge is 0.340 e. The highest BCUT2D eigenvalue weighted by atomic mass is 16.5. The number of nitrogen functional groups attached to an aromatic ring is 1. The summed E-state index contributed by atoms with van der Waals surface area (Å²) in [7, 11) is 3.05. The largest absolute Gasteiger partial charge is 0.465 e. The van der Waals surface area contributed by atoms with Crippen molar-refractivity contribution in [1.82, 2.24) is 4.98 Å². The lowest BCUT2D eigenvalue weighted by atomic mass is 10.0. The maximum absolute atomic E-state index is 11.6. The molecule has 1 aromatic rings. The molecule has 1 aliphatic carbocycles. The minimum Gasteiger partial charge on any atom is -0.465 e. The van der Waals surface area contributed by atoms with E-state index >= 15 is 0 Å². The van der Waals surface area contributed by atoms with Crippen LogP contribution in [0.3, 0.4) is 0 Å². The first-order valence-corrected chi connectivity index (χ1v) is 6.67. The fourth-order valence-electron chi connectivity index (χ4n) is 2.14. The van der Waals surface area contributed by atoms with Crippen molar-refractivity contribution in [2.24, 2.45) is 5.41 Å². The van der Waals surface area contributed by atoms with E-state index in [1.54, 1.807) is 13.2 Å². The molecule has 0 amide bonds. The van der Waals surface area contributed by atoms with Crippen LogP contribution in [0.2, 0.25) is 0 Å². The SMILES string of the molecule is COCCC1(CNc2cc(C(=O)OC)c(N)cn2)CC1. The highest BCUT2D eigenvalue weighted by Crippen LogP contribution is 2.48. The van der Waals surface area contributed by atoms with Gasteiger partial charge in [-0.1, -0.05) is 0 Å². The predicted molar refractivity (Wildman–Crippen MR) is 76.6 cm³/mol. The normalized spacial score (nSPS) is 15.7. The molecule has 0 atom stereocenters. The van der Waals surface area contributed by atoms with Gasteiger partial charge in [-0.15, -0.1) is 0 Å². The number of nitrogens with zero attached hydrogens (tertiary/aromatic N) is 1. The molecule has 1 aromatic heterocycles. The van der Waals surface area contributed by atoms with E-state index in [2.05, 4.69) is 10.3 Å². The van der Waals surface area contributed by atoms with Crippen LogP contribution in [0, 0.1) is 5.41 Å². The van der Waals surface area contributed by atoms with Gasteiger partial charge in [0.2, 0.25) is 0 Å². The molecule has 6 nitrogen and oxygen atoms in total. The number of aromatic nitrogens is 1. The van der Waals surface area contributed by atoms with Gasteiger partial charge >= 0.3 is 5.97 Å². The molecule has 110 valence electrons. The maximum atomic E-state index is 11.6. The van der Waals surface area contributed by atoms with Crippen LogP contribution in [0.25, 0.3) is 0 Å². The molecule has 3 N–H and O–H groups in total. The summed E-state index contributed by atoms with van der Waals surface area (Å²) in [4.78, 5) is 15.8. The minimum atomic E-state index is -0.450. The predicted octanol–water partition coefficient (Wildman–Crippen LogP) is 1.68. The molecule has 0 aromatic carbocycles. The molecule has 0 bridgehead atoms. The van der Waals surface area contributed by atoms with E-state index in [-0.39, 0.29) is 0 Å². The number of nitrogens with one attached hydrogen (secondary N) is 1. The zero-order valence-electron chi connectivity index (χ0n) is 11.9. The number of hydrogen-bond acceptors (Lipinski definition) is 6. The molecule has 0 radical (unpaired) electrons. The van der Waals surface area contributed by atoms with E-state index < -0.39 is 5.97 Å². The number of carbonyl (C=O) groups is 1. The minimum absolute atomic E-state index is 0.310. The summed E-state index contributed by atoms with van der Waals surface area (Å²) < 4.78 is 9.82. The zero-order chi connectivity index (χ0) is 14.6. The first-order chi connectivity index (χ1) is 9.60. The Morgan fingerprint density at radius 3 is 2.85 bits per heavy atom. The maximum Gasteiger partial charge on any atom is 0.340 e. The van der Waals surface area contributed by atoms with Gasteiger partial charge in [0.05, 0.1) is 24.6 Å². The molecule has 1 heterocycles. The highest BCUT2D eigenvalue weighted by Gasteiger charge is 2.41. The number of anilines is 2. The van der Waals surface area contributed by atoms with Crippen molar-refractivity contribution in [3.8, 4) is 0 Å². The molecule has 0 aliphatic heterocycles. The number of ether oxygens (including phenoxy) is 2. The van der Waals surface area contributed by atoms with Crippen molar-refractivity contribution >= 4 is 17.5 Å². The zero-order valence-corrected chi connectivity index (χ0v) is 11.9. The topological polar surface area (TPSA) is 86.5 Å². The summed E-state index contributed by atoms with van der Waals surface area (Å²) in [5.74, 6) is 0.191. The third-order valence-corrected chi connectivity index (χ3v) is 3.78. The van der Waals surface area contributed by atoms with E-state index in [1.807, 2.05) is 0 Å². The lowest BCUT2D eigenvalue weighted by molar-refractivity contribution is 0.0602. The summed E-state index contributed by atoms with van der Waals surface area (Å²) >= 11 is 0. The van der Waals surface area contributed by atoms with E-state index in [4.69, 9.17) is 15.2 Å². The quantitative estimate of drug-likeness (QED) is 0.738. The van der Waals surface area contributed by atoms with Crippen molar-refractivity contribution in [1.29, 1.82) is 0 Å². The van der Waals surface area contributed by atoms with Crippen molar-refractivity contribution in [3.63, 3.8) is 0 Å². The van der Waals surface area contributed by atoms with Crippen molar-refractivity contribution in [3.05, 3.63) is 17.8 Å². The van der Waals surface area contributed by atoms with Crippen molar-refractivity contribution < 1.29 is 14.3 Å².